The van der Waals surface area contributed by atoms with E-state index in [4.69, 9.17) is 18.6 Å². The van der Waals surface area contributed by atoms with Crippen LogP contribution in [0.2, 0.25) is 0 Å². The molecule has 0 fully saturated rings. The third-order valence-corrected chi connectivity index (χ3v) is 7.75. The van der Waals surface area contributed by atoms with E-state index in [0.717, 1.165) is 24.0 Å². The van der Waals surface area contributed by atoms with Crippen LogP contribution in [0, 0.1) is 6.92 Å². The van der Waals surface area contributed by atoms with Gasteiger partial charge in [-0.2, -0.15) is 0 Å². The van der Waals surface area contributed by atoms with Crippen molar-refractivity contribution in [3.05, 3.63) is 88.5 Å². The van der Waals surface area contributed by atoms with Gasteiger partial charge in [-0.15, -0.1) is 0 Å². The van der Waals surface area contributed by atoms with Gasteiger partial charge in [0.25, 0.3) is 0 Å². The number of rotatable bonds is 6. The molecule has 1 unspecified atom stereocenters. The van der Waals surface area contributed by atoms with Crippen LogP contribution >= 0.6 is 27.2 Å². The molecular formula is C30H40Cl2NOPTi. The molecule has 0 aliphatic heterocycles. The van der Waals surface area contributed by atoms with Crippen molar-refractivity contribution in [1.29, 1.82) is 0 Å². The van der Waals surface area contributed by atoms with Crippen LogP contribution in [0.15, 0.2) is 60.7 Å². The van der Waals surface area contributed by atoms with Crippen molar-refractivity contribution in [2.75, 3.05) is 7.05 Å². The summed E-state index contributed by atoms with van der Waals surface area (Å²) in [7, 11) is 12.4. The Morgan fingerprint density at radius 2 is 1.47 bits per heavy atom. The first-order valence-corrected chi connectivity index (χ1v) is 17.5. The summed E-state index contributed by atoms with van der Waals surface area (Å²) in [5, 5.41) is 13.7. The minimum atomic E-state index is -0.556. The number of benzene rings is 3. The first kappa shape index (κ1) is 31.4. The Balaban J connectivity index is 0.00000145. The number of halogens is 2. The zero-order chi connectivity index (χ0) is 27.1. The monoisotopic (exact) mass is 579 g/mol. The van der Waals surface area contributed by atoms with E-state index in [1.165, 1.54) is 27.6 Å². The molecule has 1 N–H and O–H groups in total. The number of aryl methyl sites for hydroxylation is 1. The fraction of sp³-hybridized carbons (Fsp3) is 0.400. The molecule has 1 atom stereocenters. The molecule has 0 spiro atoms. The SMILES string of the molecule is Cc1cccc(CN(C)Cc2ccccc2)c1Pc1cc(C(C)(C)C)cc(C(C)(C)C)c1O.[Cl][Ti][Cl]. The van der Waals surface area contributed by atoms with Crippen molar-refractivity contribution in [3.8, 4) is 5.75 Å². The Morgan fingerprint density at radius 1 is 0.861 bits per heavy atom. The van der Waals surface area contributed by atoms with E-state index in [0.29, 0.717) is 14.3 Å². The molecule has 6 heteroatoms. The molecule has 0 bridgehead atoms. The Hall–Kier alpha value is -0.856. The molecule has 2 nitrogen and oxygen atoms in total. The summed E-state index contributed by atoms with van der Waals surface area (Å²) in [4.78, 5) is 2.37. The topological polar surface area (TPSA) is 23.5 Å². The van der Waals surface area contributed by atoms with Gasteiger partial charge in [0.2, 0.25) is 0 Å². The van der Waals surface area contributed by atoms with E-state index >= 15 is 0 Å². The van der Waals surface area contributed by atoms with Crippen LogP contribution in [0.5, 0.6) is 5.75 Å². The van der Waals surface area contributed by atoms with Gasteiger partial charge in [-0.3, -0.25) is 4.90 Å². The van der Waals surface area contributed by atoms with E-state index in [-0.39, 0.29) is 10.8 Å². The maximum atomic E-state index is 11.3. The molecular weight excluding hydrogens is 540 g/mol. The fourth-order valence-corrected chi connectivity index (χ4v) is 5.50. The molecule has 36 heavy (non-hydrogen) atoms. The van der Waals surface area contributed by atoms with Gasteiger partial charge in [0.05, 0.1) is 0 Å². The van der Waals surface area contributed by atoms with E-state index in [2.05, 4.69) is 121 Å². The van der Waals surface area contributed by atoms with Crippen molar-refractivity contribution in [2.45, 2.75) is 72.4 Å². The van der Waals surface area contributed by atoms with Crippen LogP contribution in [0.4, 0.5) is 0 Å². The van der Waals surface area contributed by atoms with Crippen LogP contribution in [0.3, 0.4) is 0 Å². The van der Waals surface area contributed by atoms with Gasteiger partial charge in [-0.1, -0.05) is 105 Å². The normalized spacial score (nSPS) is 12.1. The van der Waals surface area contributed by atoms with E-state index < -0.39 is 17.0 Å². The van der Waals surface area contributed by atoms with Gasteiger partial charge >= 0.3 is 35.6 Å². The van der Waals surface area contributed by atoms with Gasteiger partial charge in [-0.25, -0.2) is 0 Å². The Bertz CT molecular complexity index is 1120. The molecule has 0 aliphatic carbocycles. The molecule has 3 aromatic rings. The predicted molar refractivity (Wildman–Crippen MR) is 158 cm³/mol. The van der Waals surface area contributed by atoms with Crippen molar-refractivity contribution in [2.24, 2.45) is 0 Å². The summed E-state index contributed by atoms with van der Waals surface area (Å²) in [6, 6.07) is 21.6. The number of phenolic OH excluding ortho intramolecular Hbond substituents is 1. The van der Waals surface area contributed by atoms with Gasteiger partial charge in [0.1, 0.15) is 5.75 Å². The average molecular weight is 580 g/mol. The Labute approximate surface area is 237 Å². The second kappa shape index (κ2) is 13.8. The molecule has 0 aromatic heterocycles. The summed E-state index contributed by atoms with van der Waals surface area (Å²) >= 11 is -0.556. The first-order valence-electron chi connectivity index (χ1n) is 12.2. The summed E-state index contributed by atoms with van der Waals surface area (Å²) < 4.78 is 0. The zero-order valence-corrected chi connectivity index (χ0v) is 26.9. The fourth-order valence-electron chi connectivity index (χ4n) is 4.15. The van der Waals surface area contributed by atoms with Crippen LogP contribution in [0.25, 0.3) is 0 Å². The summed E-state index contributed by atoms with van der Waals surface area (Å²) in [6.45, 7) is 17.3. The minimum absolute atomic E-state index is 0.0252. The standard InChI is InChI=1S/C30H40NOP.2ClH.Ti/c1-21-13-12-16-23(20-31(8)19-22-14-10-9-11-15-22)28(21)33-26-18-24(29(2,3)4)17-25(27(26)32)30(5,6)7;;;/h9-18,32-33H,19-20H2,1-8H3;2*1H;/q;;;+2/p-2. The number of hydrogen-bond donors (Lipinski definition) is 1. The zero-order valence-electron chi connectivity index (χ0n) is 22.8. The van der Waals surface area contributed by atoms with Crippen LogP contribution in [0.1, 0.15) is 69.4 Å². The molecule has 0 saturated carbocycles. The molecule has 0 radical (unpaired) electrons. The van der Waals surface area contributed by atoms with E-state index in [9.17, 15) is 5.11 Å². The number of hydrogen-bond acceptors (Lipinski definition) is 2. The van der Waals surface area contributed by atoms with E-state index in [1.54, 1.807) is 0 Å². The maximum absolute atomic E-state index is 11.3. The summed E-state index contributed by atoms with van der Waals surface area (Å²) in [5.41, 5.74) is 6.17. The summed E-state index contributed by atoms with van der Waals surface area (Å²) in [6.07, 6.45) is 0. The van der Waals surface area contributed by atoms with Crippen molar-refractivity contribution in [3.63, 3.8) is 0 Å². The van der Waals surface area contributed by atoms with E-state index in [1.807, 2.05) is 0 Å². The van der Waals surface area contributed by atoms with Crippen LogP contribution < -0.4 is 10.6 Å². The van der Waals surface area contributed by atoms with Crippen molar-refractivity contribution < 1.29 is 22.1 Å². The first-order chi connectivity index (χ1) is 16.8. The van der Waals surface area contributed by atoms with Gasteiger partial charge in [-0.05, 0) is 58.4 Å². The Morgan fingerprint density at radius 3 is 2.03 bits per heavy atom. The third-order valence-electron chi connectivity index (χ3n) is 6.14. The van der Waals surface area contributed by atoms with Crippen LogP contribution in [-0.4, -0.2) is 17.1 Å². The Kier molecular flexibility index (Phi) is 12.0. The molecule has 3 rings (SSSR count). The van der Waals surface area contributed by atoms with Crippen LogP contribution in [-0.2, 0) is 41.0 Å². The van der Waals surface area contributed by atoms with Crippen molar-refractivity contribution >= 4 is 37.8 Å². The summed E-state index contributed by atoms with van der Waals surface area (Å²) in [5.74, 6) is 0.459. The number of phenols is 1. The molecule has 0 saturated heterocycles. The predicted octanol–water partition coefficient (Wildman–Crippen LogP) is 7.93. The second-order valence-electron chi connectivity index (χ2n) is 11.4. The van der Waals surface area contributed by atoms with Gasteiger partial charge in [0.15, 0.2) is 0 Å². The average Bonchev–Trinajstić information content (AvgIpc) is 2.77. The third kappa shape index (κ3) is 9.16. The quantitative estimate of drug-likeness (QED) is 0.237. The molecule has 0 aliphatic rings. The number of nitrogens with zero attached hydrogens (tertiary/aromatic N) is 1. The molecule has 3 aromatic carbocycles. The molecule has 0 amide bonds. The molecule has 0 heterocycles. The molecule has 194 valence electrons. The van der Waals surface area contributed by atoms with Gasteiger partial charge in [0, 0.05) is 24.0 Å². The van der Waals surface area contributed by atoms with Crippen molar-refractivity contribution in [1.82, 2.24) is 4.90 Å². The van der Waals surface area contributed by atoms with Gasteiger partial charge < -0.3 is 5.11 Å². The second-order valence-corrected chi connectivity index (χ2v) is 15.3. The number of aromatic hydroxyl groups is 1.